The van der Waals surface area contributed by atoms with E-state index in [1.165, 1.54) is 12.1 Å². The summed E-state index contributed by atoms with van der Waals surface area (Å²) in [4.78, 5) is 16.5. The summed E-state index contributed by atoms with van der Waals surface area (Å²) in [6, 6.07) is 9.29. The van der Waals surface area contributed by atoms with Crippen LogP contribution in [0.5, 0.6) is 5.88 Å². The van der Waals surface area contributed by atoms with E-state index in [1.54, 1.807) is 30.5 Å². The average Bonchev–Trinajstić information content (AvgIpc) is 3.12. The van der Waals surface area contributed by atoms with Crippen LogP contribution in [0, 0.1) is 0 Å². The van der Waals surface area contributed by atoms with Crippen molar-refractivity contribution in [1.29, 1.82) is 0 Å². The number of carbonyl (C=O) groups is 1. The van der Waals surface area contributed by atoms with Crippen LogP contribution in [-0.4, -0.2) is 36.9 Å². The molecule has 0 aliphatic carbocycles. The van der Waals surface area contributed by atoms with Gasteiger partial charge in [-0.2, -0.15) is 11.8 Å². The lowest BCUT2D eigenvalue weighted by Gasteiger charge is -2.12. The molecule has 2 heterocycles. The van der Waals surface area contributed by atoms with Gasteiger partial charge >= 0.3 is 0 Å². The molecule has 1 aliphatic rings. The normalized spacial score (nSPS) is 17.0. The molecule has 1 fully saturated rings. The first kappa shape index (κ1) is 18.7. The molecule has 0 bridgehead atoms. The van der Waals surface area contributed by atoms with Gasteiger partial charge in [0, 0.05) is 30.1 Å². The predicted molar refractivity (Wildman–Crippen MR) is 99.6 cm³/mol. The van der Waals surface area contributed by atoms with Crippen molar-refractivity contribution < 1.29 is 17.9 Å². The van der Waals surface area contributed by atoms with Crippen molar-refractivity contribution in [2.75, 3.05) is 11.5 Å². The highest BCUT2D eigenvalue weighted by Gasteiger charge is 2.18. The van der Waals surface area contributed by atoms with Crippen molar-refractivity contribution in [3.8, 4) is 5.88 Å². The molecule has 1 aliphatic heterocycles. The summed E-state index contributed by atoms with van der Waals surface area (Å²) in [6.07, 6.45) is 2.67. The maximum Gasteiger partial charge on any atom is 0.251 e. The average molecular weight is 393 g/mol. The third-order valence-corrected chi connectivity index (χ3v) is 5.94. The van der Waals surface area contributed by atoms with Gasteiger partial charge in [-0.15, -0.1) is 0 Å². The molecule has 0 radical (unpaired) electrons. The fourth-order valence-electron chi connectivity index (χ4n) is 2.47. The summed E-state index contributed by atoms with van der Waals surface area (Å²) in [6.45, 7) is 0.265. The zero-order chi connectivity index (χ0) is 18.6. The molecular weight excluding hydrogens is 374 g/mol. The highest BCUT2D eigenvalue weighted by atomic mass is 32.2. The number of hydrogen-bond donors (Lipinski definition) is 2. The van der Waals surface area contributed by atoms with E-state index in [-0.39, 0.29) is 23.5 Å². The number of pyridine rings is 1. The Morgan fingerprint density at radius 2 is 2.08 bits per heavy atom. The van der Waals surface area contributed by atoms with Crippen molar-refractivity contribution in [2.45, 2.75) is 24.0 Å². The zero-order valence-electron chi connectivity index (χ0n) is 13.9. The Hall–Kier alpha value is -2.10. The number of sulfonamides is 1. The molecule has 0 saturated carbocycles. The van der Waals surface area contributed by atoms with Crippen molar-refractivity contribution >= 4 is 27.7 Å². The Balaban J connectivity index is 1.59. The maximum atomic E-state index is 12.3. The summed E-state index contributed by atoms with van der Waals surface area (Å²) in [5, 5.41) is 7.85. The molecular formula is C17H19N3O4S2. The van der Waals surface area contributed by atoms with Gasteiger partial charge in [0.1, 0.15) is 6.10 Å². The van der Waals surface area contributed by atoms with Gasteiger partial charge in [-0.1, -0.05) is 12.1 Å². The lowest BCUT2D eigenvalue weighted by atomic mass is 10.2. The molecule has 26 heavy (non-hydrogen) atoms. The molecule has 7 nitrogen and oxygen atoms in total. The van der Waals surface area contributed by atoms with Crippen LogP contribution in [0.4, 0.5) is 0 Å². The molecule has 3 rings (SSSR count). The van der Waals surface area contributed by atoms with E-state index < -0.39 is 10.0 Å². The summed E-state index contributed by atoms with van der Waals surface area (Å²) in [5.41, 5.74) is 1.22. The summed E-state index contributed by atoms with van der Waals surface area (Å²) in [7, 11) is -3.72. The molecule has 0 spiro atoms. The van der Waals surface area contributed by atoms with Crippen LogP contribution in [0.1, 0.15) is 22.3 Å². The second-order valence-electron chi connectivity index (χ2n) is 5.86. The number of nitrogens with two attached hydrogens (primary N) is 1. The van der Waals surface area contributed by atoms with Crippen molar-refractivity contribution in [2.24, 2.45) is 5.14 Å². The number of ether oxygens (including phenoxy) is 1. The number of primary sulfonamides is 1. The number of hydrogen-bond acceptors (Lipinski definition) is 6. The van der Waals surface area contributed by atoms with Crippen LogP contribution in [0.15, 0.2) is 47.5 Å². The minimum atomic E-state index is -3.72. The van der Waals surface area contributed by atoms with Gasteiger partial charge in [-0.3, -0.25) is 4.79 Å². The van der Waals surface area contributed by atoms with Crippen molar-refractivity contribution in [3.63, 3.8) is 0 Å². The number of amides is 1. The molecule has 1 aromatic carbocycles. The first-order valence-corrected chi connectivity index (χ1v) is 10.7. The molecule has 1 atom stereocenters. The van der Waals surface area contributed by atoms with Crippen LogP contribution in [0.2, 0.25) is 0 Å². The molecule has 3 N–H and O–H groups in total. The Bertz CT molecular complexity index is 879. The van der Waals surface area contributed by atoms with E-state index in [1.807, 2.05) is 11.8 Å². The highest BCUT2D eigenvalue weighted by Crippen LogP contribution is 2.22. The molecule has 1 amide bonds. The minimum Gasteiger partial charge on any atom is -0.473 e. The minimum absolute atomic E-state index is 0.0357. The Labute approximate surface area is 156 Å². The highest BCUT2D eigenvalue weighted by molar-refractivity contribution is 7.99. The topological polar surface area (TPSA) is 111 Å². The number of nitrogens with zero attached hydrogens (tertiary/aromatic N) is 1. The van der Waals surface area contributed by atoms with Crippen LogP contribution in [0.25, 0.3) is 0 Å². The lowest BCUT2D eigenvalue weighted by Crippen LogP contribution is -2.23. The summed E-state index contributed by atoms with van der Waals surface area (Å²) < 4.78 is 28.3. The monoisotopic (exact) mass is 393 g/mol. The van der Waals surface area contributed by atoms with E-state index in [0.29, 0.717) is 11.4 Å². The summed E-state index contributed by atoms with van der Waals surface area (Å²) >= 11 is 1.84. The third-order valence-electron chi connectivity index (χ3n) is 3.88. The Kier molecular flexibility index (Phi) is 5.80. The van der Waals surface area contributed by atoms with E-state index in [9.17, 15) is 13.2 Å². The van der Waals surface area contributed by atoms with Crippen molar-refractivity contribution in [3.05, 3.63) is 53.7 Å². The smallest absolute Gasteiger partial charge is 0.251 e. The fraction of sp³-hybridized carbons (Fsp3) is 0.294. The van der Waals surface area contributed by atoms with Crippen molar-refractivity contribution in [1.82, 2.24) is 10.3 Å². The molecule has 1 unspecified atom stereocenters. The standard InChI is InChI=1S/C17H19N3O4S2/c18-26(22,23)15-3-1-12(2-4-15)10-20-17(21)13-5-7-19-16(9-13)24-14-6-8-25-11-14/h1-5,7,9,14H,6,8,10-11H2,(H,20,21)(H2,18,22,23). The fourth-order valence-corrected chi connectivity index (χ4v) is 4.08. The van der Waals surface area contributed by atoms with E-state index in [4.69, 9.17) is 9.88 Å². The Morgan fingerprint density at radius 3 is 2.73 bits per heavy atom. The van der Waals surface area contributed by atoms with Gasteiger partial charge in [0.05, 0.1) is 4.90 Å². The molecule has 1 saturated heterocycles. The number of benzene rings is 1. The van der Waals surface area contributed by atoms with E-state index >= 15 is 0 Å². The van der Waals surface area contributed by atoms with Gasteiger partial charge in [0.25, 0.3) is 5.91 Å². The van der Waals surface area contributed by atoms with Gasteiger partial charge in [-0.25, -0.2) is 18.5 Å². The first-order chi connectivity index (χ1) is 12.4. The van der Waals surface area contributed by atoms with Crippen LogP contribution in [-0.2, 0) is 16.6 Å². The quantitative estimate of drug-likeness (QED) is 0.770. The molecule has 1 aromatic heterocycles. The zero-order valence-corrected chi connectivity index (χ0v) is 15.6. The van der Waals surface area contributed by atoms with Gasteiger partial charge in [-0.05, 0) is 35.9 Å². The SMILES string of the molecule is NS(=O)(=O)c1ccc(CNC(=O)c2ccnc(OC3CCSC3)c2)cc1. The number of nitrogens with one attached hydrogen (secondary N) is 1. The van der Waals surface area contributed by atoms with E-state index in [0.717, 1.165) is 23.5 Å². The molecule has 138 valence electrons. The van der Waals surface area contributed by atoms with Gasteiger partial charge in [0.15, 0.2) is 0 Å². The summed E-state index contributed by atoms with van der Waals surface area (Å²) in [5.74, 6) is 2.21. The lowest BCUT2D eigenvalue weighted by molar-refractivity contribution is 0.0949. The molecule has 2 aromatic rings. The second-order valence-corrected chi connectivity index (χ2v) is 8.57. The second kappa shape index (κ2) is 8.07. The number of carbonyl (C=O) groups excluding carboxylic acids is 1. The number of rotatable bonds is 6. The van der Waals surface area contributed by atoms with Crippen LogP contribution < -0.4 is 15.2 Å². The van der Waals surface area contributed by atoms with Crippen LogP contribution >= 0.6 is 11.8 Å². The number of thioether (sulfide) groups is 1. The number of aromatic nitrogens is 1. The molecule has 9 heteroatoms. The van der Waals surface area contributed by atoms with E-state index in [2.05, 4.69) is 10.3 Å². The Morgan fingerprint density at radius 1 is 1.31 bits per heavy atom. The van der Waals surface area contributed by atoms with Crippen LogP contribution in [0.3, 0.4) is 0 Å². The predicted octanol–water partition coefficient (Wildman–Crippen LogP) is 1.54. The maximum absolute atomic E-state index is 12.3. The largest absolute Gasteiger partial charge is 0.473 e. The van der Waals surface area contributed by atoms with Gasteiger partial charge < -0.3 is 10.1 Å². The third kappa shape index (κ3) is 4.96. The first-order valence-electron chi connectivity index (χ1n) is 8.02. The van der Waals surface area contributed by atoms with Gasteiger partial charge in [0.2, 0.25) is 15.9 Å².